The van der Waals surface area contributed by atoms with Gasteiger partial charge in [-0.05, 0) is 42.5 Å². The Bertz CT molecular complexity index is 959. The standard InChI is InChI=1S/C16H20N2O4S3/c1-13-5-6-14(2)15(12-13)24(19,20)17-7-9-18(10-8-17)25(21,22)16-4-3-11-23-16/h3-6,11-12H,7-10H2,1-2H3. The first-order valence-electron chi connectivity index (χ1n) is 7.84. The molecule has 136 valence electrons. The van der Waals surface area contributed by atoms with Crippen molar-refractivity contribution in [3.8, 4) is 0 Å². The van der Waals surface area contributed by atoms with Gasteiger partial charge in [0.15, 0.2) is 0 Å². The summed E-state index contributed by atoms with van der Waals surface area (Å²) in [5, 5.41) is 1.72. The molecule has 2 aromatic rings. The Hall–Kier alpha value is -1.26. The van der Waals surface area contributed by atoms with Gasteiger partial charge >= 0.3 is 0 Å². The van der Waals surface area contributed by atoms with E-state index in [1.54, 1.807) is 36.6 Å². The molecule has 0 amide bonds. The van der Waals surface area contributed by atoms with Crippen LogP contribution in [0.5, 0.6) is 0 Å². The van der Waals surface area contributed by atoms with Crippen molar-refractivity contribution >= 4 is 31.4 Å². The van der Waals surface area contributed by atoms with Crippen LogP contribution >= 0.6 is 11.3 Å². The van der Waals surface area contributed by atoms with Gasteiger partial charge < -0.3 is 0 Å². The summed E-state index contributed by atoms with van der Waals surface area (Å²) in [4.78, 5) is 0.294. The van der Waals surface area contributed by atoms with E-state index in [-0.39, 0.29) is 26.2 Å². The molecule has 0 atom stereocenters. The van der Waals surface area contributed by atoms with Crippen LogP contribution in [0.2, 0.25) is 0 Å². The lowest BCUT2D eigenvalue weighted by Crippen LogP contribution is -2.50. The minimum absolute atomic E-state index is 0.153. The van der Waals surface area contributed by atoms with Gasteiger partial charge in [-0.1, -0.05) is 18.2 Å². The third kappa shape index (κ3) is 3.52. The van der Waals surface area contributed by atoms with Gasteiger partial charge in [-0.15, -0.1) is 11.3 Å². The Kier molecular flexibility index (Phi) is 5.04. The van der Waals surface area contributed by atoms with E-state index in [1.165, 1.54) is 19.9 Å². The van der Waals surface area contributed by atoms with Gasteiger partial charge in [0.2, 0.25) is 10.0 Å². The Balaban J connectivity index is 1.79. The van der Waals surface area contributed by atoms with E-state index >= 15 is 0 Å². The number of benzene rings is 1. The van der Waals surface area contributed by atoms with Crippen LogP contribution in [-0.2, 0) is 20.0 Å². The van der Waals surface area contributed by atoms with E-state index < -0.39 is 20.0 Å². The number of aryl methyl sites for hydroxylation is 2. The monoisotopic (exact) mass is 400 g/mol. The maximum atomic E-state index is 12.9. The van der Waals surface area contributed by atoms with Crippen molar-refractivity contribution in [1.29, 1.82) is 0 Å². The molecule has 1 aliphatic rings. The molecule has 0 unspecified atom stereocenters. The topological polar surface area (TPSA) is 74.8 Å². The van der Waals surface area contributed by atoms with Gasteiger partial charge in [0.05, 0.1) is 4.90 Å². The average Bonchev–Trinajstić information content (AvgIpc) is 3.12. The van der Waals surface area contributed by atoms with Gasteiger partial charge in [0.25, 0.3) is 10.0 Å². The first kappa shape index (κ1) is 18.5. The van der Waals surface area contributed by atoms with Crippen molar-refractivity contribution in [3.05, 3.63) is 46.8 Å². The van der Waals surface area contributed by atoms with Crippen LogP contribution in [0.15, 0.2) is 44.8 Å². The Morgan fingerprint density at radius 1 is 0.880 bits per heavy atom. The van der Waals surface area contributed by atoms with Gasteiger partial charge in [0.1, 0.15) is 4.21 Å². The molecule has 2 heterocycles. The summed E-state index contributed by atoms with van der Waals surface area (Å²) in [5.74, 6) is 0. The molecule has 1 aliphatic heterocycles. The minimum atomic E-state index is -3.62. The molecule has 1 aromatic carbocycles. The number of hydrogen-bond acceptors (Lipinski definition) is 5. The van der Waals surface area contributed by atoms with Crippen molar-refractivity contribution < 1.29 is 16.8 Å². The summed E-state index contributed by atoms with van der Waals surface area (Å²) in [7, 11) is -7.16. The number of thiophene rings is 1. The molecular weight excluding hydrogens is 380 g/mol. The summed E-state index contributed by atoms with van der Waals surface area (Å²) < 4.78 is 53.9. The van der Waals surface area contributed by atoms with Gasteiger partial charge in [0, 0.05) is 26.2 Å². The second kappa shape index (κ2) is 6.81. The maximum absolute atomic E-state index is 12.9. The van der Waals surface area contributed by atoms with E-state index in [0.29, 0.717) is 14.7 Å². The van der Waals surface area contributed by atoms with Crippen molar-refractivity contribution in [3.63, 3.8) is 0 Å². The van der Waals surface area contributed by atoms with E-state index in [1.807, 2.05) is 13.0 Å². The van der Waals surface area contributed by atoms with Crippen molar-refractivity contribution in [2.24, 2.45) is 0 Å². The van der Waals surface area contributed by atoms with Gasteiger partial charge in [-0.25, -0.2) is 16.8 Å². The summed E-state index contributed by atoms with van der Waals surface area (Å²) in [6.07, 6.45) is 0. The number of piperazine rings is 1. The Morgan fingerprint density at radius 3 is 2.04 bits per heavy atom. The molecular formula is C16H20N2O4S3. The average molecular weight is 401 g/mol. The fourth-order valence-electron chi connectivity index (χ4n) is 2.81. The molecule has 0 N–H and O–H groups in total. The predicted molar refractivity (Wildman–Crippen MR) is 97.8 cm³/mol. The second-order valence-corrected chi connectivity index (χ2v) is 11.0. The van der Waals surface area contributed by atoms with Crippen LogP contribution in [-0.4, -0.2) is 51.6 Å². The van der Waals surface area contributed by atoms with E-state index in [4.69, 9.17) is 0 Å². The lowest BCUT2D eigenvalue weighted by molar-refractivity contribution is 0.273. The molecule has 0 saturated carbocycles. The van der Waals surface area contributed by atoms with Crippen LogP contribution in [0, 0.1) is 13.8 Å². The van der Waals surface area contributed by atoms with E-state index in [2.05, 4.69) is 0 Å². The quantitative estimate of drug-likeness (QED) is 0.787. The largest absolute Gasteiger partial charge is 0.252 e. The molecule has 1 aromatic heterocycles. The zero-order valence-electron chi connectivity index (χ0n) is 14.0. The minimum Gasteiger partial charge on any atom is -0.207 e. The molecule has 6 nitrogen and oxygen atoms in total. The highest BCUT2D eigenvalue weighted by atomic mass is 32.2. The molecule has 1 fully saturated rings. The lowest BCUT2D eigenvalue weighted by Gasteiger charge is -2.33. The van der Waals surface area contributed by atoms with E-state index in [9.17, 15) is 16.8 Å². The van der Waals surface area contributed by atoms with Crippen molar-refractivity contribution in [2.45, 2.75) is 23.0 Å². The molecule has 0 aliphatic carbocycles. The highest BCUT2D eigenvalue weighted by molar-refractivity contribution is 7.91. The molecule has 0 bridgehead atoms. The second-order valence-electron chi connectivity index (χ2n) is 6.01. The number of hydrogen-bond donors (Lipinski definition) is 0. The number of nitrogens with zero attached hydrogens (tertiary/aromatic N) is 2. The fraction of sp³-hybridized carbons (Fsp3) is 0.375. The highest BCUT2D eigenvalue weighted by Gasteiger charge is 2.34. The van der Waals surface area contributed by atoms with E-state index in [0.717, 1.165) is 5.56 Å². The third-order valence-corrected chi connectivity index (χ3v) is 9.56. The van der Waals surface area contributed by atoms with Crippen molar-refractivity contribution in [2.75, 3.05) is 26.2 Å². The zero-order valence-corrected chi connectivity index (χ0v) is 16.5. The predicted octanol–water partition coefficient (Wildman–Crippen LogP) is 2.06. The third-order valence-electron chi connectivity index (χ3n) is 4.25. The normalized spacial score (nSPS) is 17.7. The summed E-state index contributed by atoms with van der Waals surface area (Å²) in [5.41, 5.74) is 1.57. The fourth-order valence-corrected chi connectivity index (χ4v) is 7.11. The molecule has 0 radical (unpaired) electrons. The molecule has 9 heteroatoms. The number of sulfonamides is 2. The summed E-state index contributed by atoms with van der Waals surface area (Å²) >= 11 is 1.17. The van der Waals surface area contributed by atoms with Crippen LogP contribution in [0.1, 0.15) is 11.1 Å². The zero-order chi connectivity index (χ0) is 18.2. The molecule has 0 spiro atoms. The lowest BCUT2D eigenvalue weighted by atomic mass is 10.2. The maximum Gasteiger partial charge on any atom is 0.252 e. The number of rotatable bonds is 4. The van der Waals surface area contributed by atoms with Crippen molar-refractivity contribution in [1.82, 2.24) is 8.61 Å². The summed E-state index contributed by atoms with van der Waals surface area (Å²) in [6, 6.07) is 8.59. The Labute approximate surface area is 152 Å². The smallest absolute Gasteiger partial charge is 0.207 e. The first-order chi connectivity index (χ1) is 11.7. The first-order valence-corrected chi connectivity index (χ1v) is 11.6. The summed E-state index contributed by atoms with van der Waals surface area (Å²) in [6.45, 7) is 4.24. The van der Waals surface area contributed by atoms with Gasteiger partial charge in [-0.3, -0.25) is 0 Å². The SMILES string of the molecule is Cc1ccc(C)c(S(=O)(=O)N2CCN(S(=O)(=O)c3cccs3)CC2)c1. The molecule has 1 saturated heterocycles. The van der Waals surface area contributed by atoms with Crippen LogP contribution in [0.3, 0.4) is 0 Å². The molecule has 25 heavy (non-hydrogen) atoms. The Morgan fingerprint density at radius 2 is 1.48 bits per heavy atom. The van der Waals surface area contributed by atoms with Crippen LogP contribution < -0.4 is 0 Å². The molecule has 3 rings (SSSR count). The van der Waals surface area contributed by atoms with Gasteiger partial charge in [-0.2, -0.15) is 8.61 Å². The van der Waals surface area contributed by atoms with Crippen LogP contribution in [0.4, 0.5) is 0 Å². The van der Waals surface area contributed by atoms with Crippen LogP contribution in [0.25, 0.3) is 0 Å². The highest BCUT2D eigenvalue weighted by Crippen LogP contribution is 2.25.